The standard InChI is InChI=1S/C18H17FN2/c19-18(13-21)3-1-2-14-4-8-16(9-5-14)17-10-6-15(12-20)7-11-17/h1-3,6-7,10-11,14,16H,4-5,8-9H2. The molecule has 21 heavy (non-hydrogen) atoms. The van der Waals surface area contributed by atoms with Crippen LogP contribution in [0.5, 0.6) is 0 Å². The number of halogens is 1. The smallest absolute Gasteiger partial charge is 0.195 e. The fraction of sp³-hybridized carbons (Fsp3) is 0.333. The molecule has 0 heterocycles. The summed E-state index contributed by atoms with van der Waals surface area (Å²) in [6.45, 7) is 0. The SMILES string of the molecule is N#CC(F)=CC=CC1CCC(c2ccc(C#N)cc2)CC1. The molecule has 1 aliphatic carbocycles. The second-order valence-corrected chi connectivity index (χ2v) is 5.36. The van der Waals surface area contributed by atoms with Gasteiger partial charge in [-0.05, 0) is 61.3 Å². The Hall–Kier alpha value is -2.39. The summed E-state index contributed by atoms with van der Waals surface area (Å²) in [5, 5.41) is 17.1. The van der Waals surface area contributed by atoms with Gasteiger partial charge in [0.1, 0.15) is 6.07 Å². The monoisotopic (exact) mass is 280 g/mol. The van der Waals surface area contributed by atoms with Gasteiger partial charge in [0.2, 0.25) is 0 Å². The zero-order valence-electron chi connectivity index (χ0n) is 11.8. The minimum absolute atomic E-state index is 0.461. The summed E-state index contributed by atoms with van der Waals surface area (Å²) in [7, 11) is 0. The maximum atomic E-state index is 12.7. The van der Waals surface area contributed by atoms with Gasteiger partial charge in [0.15, 0.2) is 5.83 Å². The highest BCUT2D eigenvalue weighted by Gasteiger charge is 2.20. The van der Waals surface area contributed by atoms with E-state index in [1.54, 1.807) is 6.08 Å². The molecule has 0 aliphatic heterocycles. The molecular weight excluding hydrogens is 263 g/mol. The Morgan fingerprint density at radius 3 is 2.33 bits per heavy atom. The topological polar surface area (TPSA) is 47.6 Å². The van der Waals surface area contributed by atoms with Crippen LogP contribution in [0.1, 0.15) is 42.7 Å². The molecule has 106 valence electrons. The van der Waals surface area contributed by atoms with Crippen LogP contribution in [0.2, 0.25) is 0 Å². The van der Waals surface area contributed by atoms with E-state index < -0.39 is 5.83 Å². The third-order valence-corrected chi connectivity index (χ3v) is 4.02. The lowest BCUT2D eigenvalue weighted by atomic mass is 9.78. The van der Waals surface area contributed by atoms with Gasteiger partial charge < -0.3 is 0 Å². The molecule has 1 aliphatic rings. The summed E-state index contributed by atoms with van der Waals surface area (Å²) in [6.07, 6.45) is 9.20. The van der Waals surface area contributed by atoms with E-state index in [9.17, 15) is 4.39 Å². The first kappa shape index (κ1) is 15.0. The Labute approximate surface area is 124 Å². The fourth-order valence-electron chi connectivity index (χ4n) is 2.81. The van der Waals surface area contributed by atoms with E-state index in [1.165, 1.54) is 17.7 Å². The van der Waals surface area contributed by atoms with Crippen LogP contribution in [0.15, 0.2) is 48.3 Å². The number of nitriles is 2. The molecule has 0 unspecified atom stereocenters. The van der Waals surface area contributed by atoms with Crippen molar-refractivity contribution in [1.29, 1.82) is 10.5 Å². The normalized spacial score (nSPS) is 22.7. The molecular formula is C18H17FN2. The van der Waals surface area contributed by atoms with E-state index in [0.717, 1.165) is 25.7 Å². The van der Waals surface area contributed by atoms with Crippen LogP contribution in [0.3, 0.4) is 0 Å². The molecule has 2 rings (SSSR count). The number of nitrogens with zero attached hydrogens (tertiary/aromatic N) is 2. The summed E-state index contributed by atoms with van der Waals surface area (Å²) < 4.78 is 12.7. The summed E-state index contributed by atoms with van der Waals surface area (Å²) >= 11 is 0. The van der Waals surface area contributed by atoms with E-state index in [4.69, 9.17) is 10.5 Å². The number of hydrogen-bond acceptors (Lipinski definition) is 2. The van der Waals surface area contributed by atoms with Gasteiger partial charge in [-0.3, -0.25) is 0 Å². The Bertz CT molecular complexity index is 606. The predicted molar refractivity (Wildman–Crippen MR) is 79.8 cm³/mol. The third-order valence-electron chi connectivity index (χ3n) is 4.02. The van der Waals surface area contributed by atoms with Crippen LogP contribution >= 0.6 is 0 Å². The van der Waals surface area contributed by atoms with Crippen molar-refractivity contribution in [1.82, 2.24) is 0 Å². The Balaban J connectivity index is 1.88. The molecule has 0 aromatic heterocycles. The van der Waals surface area contributed by atoms with Crippen molar-refractivity contribution in [3.05, 3.63) is 59.4 Å². The van der Waals surface area contributed by atoms with Crippen LogP contribution in [-0.2, 0) is 0 Å². The van der Waals surface area contributed by atoms with Gasteiger partial charge in [0.25, 0.3) is 0 Å². The van der Waals surface area contributed by atoms with E-state index in [2.05, 4.69) is 6.07 Å². The summed E-state index contributed by atoms with van der Waals surface area (Å²) in [6, 6.07) is 11.4. The number of rotatable bonds is 3. The largest absolute Gasteiger partial charge is 0.199 e. The van der Waals surface area contributed by atoms with E-state index in [1.807, 2.05) is 30.3 Å². The average Bonchev–Trinajstić information content (AvgIpc) is 2.55. The predicted octanol–water partition coefficient (Wildman–Crippen LogP) is 4.77. The molecule has 0 saturated heterocycles. The lowest BCUT2D eigenvalue weighted by molar-refractivity contribution is 0.376. The van der Waals surface area contributed by atoms with Crippen LogP contribution in [0.25, 0.3) is 0 Å². The highest BCUT2D eigenvalue weighted by atomic mass is 19.1. The molecule has 1 fully saturated rings. The van der Waals surface area contributed by atoms with Gasteiger partial charge in [0, 0.05) is 0 Å². The van der Waals surface area contributed by atoms with Crippen LogP contribution in [0, 0.1) is 28.6 Å². The lowest BCUT2D eigenvalue weighted by Gasteiger charge is -2.27. The minimum Gasteiger partial charge on any atom is -0.195 e. The average molecular weight is 280 g/mol. The molecule has 0 radical (unpaired) electrons. The molecule has 0 spiro atoms. The highest BCUT2D eigenvalue weighted by Crippen LogP contribution is 2.36. The van der Waals surface area contributed by atoms with Gasteiger partial charge >= 0.3 is 0 Å². The molecule has 0 atom stereocenters. The van der Waals surface area contributed by atoms with E-state index >= 15 is 0 Å². The van der Waals surface area contributed by atoms with Crippen molar-refractivity contribution in [2.45, 2.75) is 31.6 Å². The van der Waals surface area contributed by atoms with Crippen molar-refractivity contribution in [2.75, 3.05) is 0 Å². The second kappa shape index (κ2) is 7.41. The Morgan fingerprint density at radius 2 is 1.76 bits per heavy atom. The van der Waals surface area contributed by atoms with Crippen molar-refractivity contribution >= 4 is 0 Å². The summed E-state index contributed by atoms with van der Waals surface area (Å²) in [4.78, 5) is 0. The molecule has 0 N–H and O–H groups in total. The van der Waals surface area contributed by atoms with Crippen LogP contribution in [0.4, 0.5) is 4.39 Å². The highest BCUT2D eigenvalue weighted by molar-refractivity contribution is 5.33. The molecule has 0 bridgehead atoms. The first-order valence-corrected chi connectivity index (χ1v) is 7.17. The third kappa shape index (κ3) is 4.29. The molecule has 0 amide bonds. The quantitative estimate of drug-likeness (QED) is 0.591. The number of hydrogen-bond donors (Lipinski definition) is 0. The second-order valence-electron chi connectivity index (χ2n) is 5.36. The number of allylic oxidation sites excluding steroid dienone is 4. The van der Waals surface area contributed by atoms with Gasteiger partial charge in [-0.25, -0.2) is 0 Å². The molecule has 1 aromatic rings. The van der Waals surface area contributed by atoms with Crippen LogP contribution < -0.4 is 0 Å². The zero-order chi connectivity index (χ0) is 15.1. The molecule has 3 heteroatoms. The Kier molecular flexibility index (Phi) is 5.29. The molecule has 1 aromatic carbocycles. The van der Waals surface area contributed by atoms with Crippen molar-refractivity contribution in [2.24, 2.45) is 5.92 Å². The van der Waals surface area contributed by atoms with E-state index in [0.29, 0.717) is 17.4 Å². The summed E-state index contributed by atoms with van der Waals surface area (Å²) in [5.74, 6) is 0.258. The maximum Gasteiger partial charge on any atom is 0.199 e. The van der Waals surface area contributed by atoms with Crippen molar-refractivity contribution in [3.8, 4) is 12.1 Å². The Morgan fingerprint density at radius 1 is 1.10 bits per heavy atom. The van der Waals surface area contributed by atoms with Crippen molar-refractivity contribution in [3.63, 3.8) is 0 Å². The fourth-order valence-corrected chi connectivity index (χ4v) is 2.81. The molecule has 2 nitrogen and oxygen atoms in total. The lowest BCUT2D eigenvalue weighted by Crippen LogP contribution is -2.11. The van der Waals surface area contributed by atoms with Crippen molar-refractivity contribution < 1.29 is 4.39 Å². The van der Waals surface area contributed by atoms with Gasteiger partial charge in [0.05, 0.1) is 11.6 Å². The summed E-state index contributed by atoms with van der Waals surface area (Å²) in [5.41, 5.74) is 1.99. The molecule has 1 saturated carbocycles. The maximum absolute atomic E-state index is 12.7. The first-order valence-electron chi connectivity index (χ1n) is 7.17. The first-order chi connectivity index (χ1) is 10.2. The van der Waals surface area contributed by atoms with Gasteiger partial charge in [-0.15, -0.1) is 0 Å². The van der Waals surface area contributed by atoms with E-state index in [-0.39, 0.29) is 0 Å². The van der Waals surface area contributed by atoms with Gasteiger partial charge in [-0.2, -0.15) is 14.9 Å². The minimum atomic E-state index is -0.752. The van der Waals surface area contributed by atoms with Gasteiger partial charge in [-0.1, -0.05) is 24.3 Å². The zero-order valence-corrected chi connectivity index (χ0v) is 11.8. The number of benzene rings is 1. The van der Waals surface area contributed by atoms with Crippen LogP contribution in [-0.4, -0.2) is 0 Å².